The molecule has 0 amide bonds. The number of rotatable bonds is 0. The van der Waals surface area contributed by atoms with Crippen LogP contribution in [-0.2, 0) is 0 Å². The molecule has 0 radical (unpaired) electrons. The van der Waals surface area contributed by atoms with Gasteiger partial charge in [-0.15, -0.1) is 0 Å². The van der Waals surface area contributed by atoms with E-state index in [1.807, 2.05) is 13.7 Å². The van der Waals surface area contributed by atoms with Gasteiger partial charge in [0.2, 0.25) is 0 Å². The molecule has 0 bridgehead atoms. The van der Waals surface area contributed by atoms with Gasteiger partial charge in [-0.3, -0.25) is 0 Å². The molecule has 0 rings (SSSR count). The third-order valence-corrected chi connectivity index (χ3v) is 0.447. The van der Waals surface area contributed by atoms with Gasteiger partial charge < -0.3 is 0 Å². The third-order valence-electron chi connectivity index (χ3n) is 0.149. The molecule has 2 heteroatoms. The predicted octanol–water partition coefficient (Wildman–Crippen LogP) is 0.428. The molecule has 4 heavy (non-hydrogen) atoms. The van der Waals surface area contributed by atoms with Crippen LogP contribution in [0.1, 0.15) is 0 Å². The van der Waals surface area contributed by atoms with E-state index in [-0.39, 0.29) is 0 Å². The molecule has 0 atom stereocenters. The fourth-order valence-electron chi connectivity index (χ4n) is 0. The Morgan fingerprint density at radius 3 is 2.25 bits per heavy atom. The summed E-state index contributed by atoms with van der Waals surface area (Å²) in [6.07, 6.45) is 0. The maximum absolute atomic E-state index is 3.74. The van der Waals surface area contributed by atoms with Crippen LogP contribution in [0.3, 0.4) is 0 Å². The van der Waals surface area contributed by atoms with Gasteiger partial charge in [0.25, 0.3) is 0 Å². The summed E-state index contributed by atoms with van der Waals surface area (Å²) in [5, 5.41) is 1.69. The summed E-state index contributed by atoms with van der Waals surface area (Å²) in [6.45, 7) is 3.79. The van der Waals surface area contributed by atoms with Crippen molar-refractivity contribution < 1.29 is 0 Å². The Balaban J connectivity index is 2.55. The van der Waals surface area contributed by atoms with E-state index in [1.54, 1.807) is 5.30 Å². The van der Waals surface area contributed by atoms with Gasteiger partial charge in [-0.1, -0.05) is 0 Å². The Labute approximate surface area is 32.5 Å². The minimum absolute atomic E-state index is 1.69. The number of hydrogen-bond donors (Lipinski definition) is 1. The monoisotopic (exact) mass is 72.0 g/mol. The Morgan fingerprint density at radius 1 is 2.00 bits per heavy atom. The molecule has 0 saturated carbocycles. The quantitative estimate of drug-likeness (QED) is 0.311. The molecule has 0 aliphatic heterocycles. The van der Waals surface area contributed by atoms with Crippen LogP contribution in [0.15, 0.2) is 0 Å². The molecule has 0 saturated heterocycles. The van der Waals surface area contributed by atoms with Crippen molar-refractivity contribution in [2.45, 2.75) is 6.82 Å². The van der Waals surface area contributed by atoms with Crippen molar-refractivity contribution in [2.24, 2.45) is 0 Å². The third kappa shape index (κ3) is 2.28. The summed E-state index contributed by atoms with van der Waals surface area (Å²) in [6, 6.07) is 0. The van der Waals surface area contributed by atoms with Gasteiger partial charge in [0, 0.05) is 0 Å². The van der Waals surface area contributed by atoms with Gasteiger partial charge in [-0.2, -0.15) is 0 Å². The molecular weight excluding hydrogens is 66.9 g/mol. The molecule has 0 spiro atoms. The van der Waals surface area contributed by atoms with Crippen LogP contribution in [0.25, 0.3) is 0 Å². The first-order chi connectivity index (χ1) is 1.91. The van der Waals surface area contributed by atoms with Gasteiger partial charge >= 0.3 is 31.7 Å². The van der Waals surface area contributed by atoms with Crippen molar-refractivity contribution in [3.05, 3.63) is 0 Å². The van der Waals surface area contributed by atoms with Crippen LogP contribution in [0.5, 0.6) is 0 Å². The summed E-state index contributed by atoms with van der Waals surface area (Å²) in [7, 11) is 0. The average molecular weight is 71.9 g/mol. The number of thiol groups is 1. The molecule has 0 heterocycles. The van der Waals surface area contributed by atoms with Gasteiger partial charge in [0.1, 0.15) is 0 Å². The molecule has 22 valence electrons. The molecule has 0 aromatic heterocycles. The molecule has 0 aliphatic rings. The van der Waals surface area contributed by atoms with E-state index < -0.39 is 0 Å². The first-order valence-electron chi connectivity index (χ1n) is 1.17. The second-order valence-electron chi connectivity index (χ2n) is 0.482. The molecular formula is C2H5BS. The van der Waals surface area contributed by atoms with Crippen molar-refractivity contribution in [3.8, 4) is 0 Å². The first kappa shape index (κ1) is 4.28. The van der Waals surface area contributed by atoms with Gasteiger partial charge in [0.05, 0.1) is 0 Å². The van der Waals surface area contributed by atoms with Crippen molar-refractivity contribution in [2.75, 3.05) is 0 Å². The second-order valence-corrected chi connectivity index (χ2v) is 0.781. The zero-order valence-corrected chi connectivity index (χ0v) is 3.50. The predicted molar refractivity (Wildman–Crippen MR) is 26.7 cm³/mol. The van der Waals surface area contributed by atoms with Gasteiger partial charge in [0.15, 0.2) is 0 Å². The van der Waals surface area contributed by atoms with E-state index in [0.29, 0.717) is 0 Å². The number of hydrogen-bond acceptors (Lipinski definition) is 1. The fraction of sp³-hybridized carbons (Fsp3) is 0.500. The fourth-order valence-corrected chi connectivity index (χ4v) is 0. The van der Waals surface area contributed by atoms with Crippen molar-refractivity contribution in [1.29, 1.82) is 0 Å². The van der Waals surface area contributed by atoms with Crippen molar-refractivity contribution in [3.63, 3.8) is 0 Å². The maximum atomic E-state index is 3.74. The second kappa shape index (κ2) is 3.28. The average Bonchev–Trinajstić information content (AvgIpc) is 1.37. The standard InChI is InChI=1S/C2H5BS/c1-3-2-4/h2,4H,1H3. The van der Waals surface area contributed by atoms with E-state index in [2.05, 4.69) is 12.6 Å². The molecule has 0 unspecified atom stereocenters. The Hall–Kier alpha value is 0.285. The SMILES string of the molecule is CB=CS. The van der Waals surface area contributed by atoms with E-state index in [0.717, 1.165) is 0 Å². The molecule has 0 aromatic rings. The summed E-state index contributed by atoms with van der Waals surface area (Å²) in [5.74, 6) is 0. The summed E-state index contributed by atoms with van der Waals surface area (Å²) >= 11 is 3.74. The zero-order valence-electron chi connectivity index (χ0n) is 2.60. The summed E-state index contributed by atoms with van der Waals surface area (Å²) in [4.78, 5) is 0. The van der Waals surface area contributed by atoms with Crippen molar-refractivity contribution >= 4 is 24.8 Å². The van der Waals surface area contributed by atoms with Crippen LogP contribution < -0.4 is 0 Å². The van der Waals surface area contributed by atoms with Crippen LogP contribution >= 0.6 is 12.6 Å². The van der Waals surface area contributed by atoms with E-state index in [4.69, 9.17) is 0 Å². The van der Waals surface area contributed by atoms with E-state index >= 15 is 0 Å². The summed E-state index contributed by atoms with van der Waals surface area (Å²) in [5.41, 5.74) is 0. The Kier molecular flexibility index (Phi) is 3.52. The van der Waals surface area contributed by atoms with E-state index in [9.17, 15) is 0 Å². The first-order valence-corrected chi connectivity index (χ1v) is 1.69. The zero-order chi connectivity index (χ0) is 3.41. The van der Waals surface area contributed by atoms with Crippen molar-refractivity contribution in [1.82, 2.24) is 0 Å². The molecule has 0 aliphatic carbocycles. The molecule has 0 N–H and O–H groups in total. The van der Waals surface area contributed by atoms with Crippen LogP contribution in [0, 0.1) is 0 Å². The van der Waals surface area contributed by atoms with Crippen LogP contribution in [0.2, 0.25) is 6.82 Å². The normalized spacial score (nSPS) is 7.50. The van der Waals surface area contributed by atoms with E-state index in [1.165, 1.54) is 0 Å². The van der Waals surface area contributed by atoms with Crippen LogP contribution in [-0.4, -0.2) is 12.2 Å². The topological polar surface area (TPSA) is 0 Å². The van der Waals surface area contributed by atoms with Gasteiger partial charge in [-0.25, -0.2) is 0 Å². The van der Waals surface area contributed by atoms with Gasteiger partial charge in [-0.05, 0) is 0 Å². The molecule has 0 fully saturated rings. The van der Waals surface area contributed by atoms with Crippen LogP contribution in [0.4, 0.5) is 0 Å². The Bertz CT molecular complexity index is 21.2. The Morgan fingerprint density at radius 2 is 2.25 bits per heavy atom. The minimum atomic E-state index is 1.69. The molecule has 0 nitrogen and oxygen atoms in total. The summed E-state index contributed by atoms with van der Waals surface area (Å²) < 4.78 is 0. The molecule has 0 aromatic carbocycles.